The summed E-state index contributed by atoms with van der Waals surface area (Å²) in [6.07, 6.45) is 0. The van der Waals surface area contributed by atoms with E-state index >= 15 is 0 Å². The highest BCUT2D eigenvalue weighted by molar-refractivity contribution is 7.18. The summed E-state index contributed by atoms with van der Waals surface area (Å²) in [5.74, 6) is 0. The van der Waals surface area contributed by atoms with Crippen molar-refractivity contribution in [2.75, 3.05) is 26.3 Å². The van der Waals surface area contributed by atoms with Crippen molar-refractivity contribution in [2.24, 2.45) is 0 Å². The summed E-state index contributed by atoms with van der Waals surface area (Å²) in [6.45, 7) is 4.76. The van der Waals surface area contributed by atoms with E-state index in [2.05, 4.69) is 16.3 Å². The van der Waals surface area contributed by atoms with Gasteiger partial charge in [0.25, 0.3) is 0 Å². The third kappa shape index (κ3) is 2.81. The Morgan fingerprint density at radius 1 is 1.28 bits per heavy atom. The number of ether oxygens (including phenoxy) is 1. The SMILES string of the molecule is Cl.Clc1cccc2c(CN3CCOCC3)csc12. The van der Waals surface area contributed by atoms with E-state index in [-0.39, 0.29) is 12.4 Å². The maximum Gasteiger partial charge on any atom is 0.0594 e. The maximum atomic E-state index is 6.19. The predicted octanol–water partition coefficient (Wildman–Crippen LogP) is 3.81. The molecular formula is C13H15Cl2NOS. The van der Waals surface area contributed by atoms with Crippen molar-refractivity contribution < 1.29 is 4.74 Å². The number of nitrogens with zero attached hydrogens (tertiary/aromatic N) is 1. The van der Waals surface area contributed by atoms with E-state index in [9.17, 15) is 0 Å². The molecular weight excluding hydrogens is 289 g/mol. The molecule has 1 aromatic heterocycles. The van der Waals surface area contributed by atoms with Gasteiger partial charge in [0.2, 0.25) is 0 Å². The third-order valence-electron chi connectivity index (χ3n) is 3.13. The minimum atomic E-state index is 0. The third-order valence-corrected chi connectivity index (χ3v) is 4.63. The zero-order valence-corrected chi connectivity index (χ0v) is 12.3. The molecule has 1 saturated heterocycles. The Morgan fingerprint density at radius 3 is 2.83 bits per heavy atom. The second-order valence-electron chi connectivity index (χ2n) is 4.27. The normalized spacial score (nSPS) is 16.7. The lowest BCUT2D eigenvalue weighted by molar-refractivity contribution is 0.0344. The number of fused-ring (bicyclic) bond motifs is 1. The van der Waals surface area contributed by atoms with Gasteiger partial charge in [-0.2, -0.15) is 0 Å². The first kappa shape index (κ1) is 14.1. The molecule has 2 nitrogen and oxygen atoms in total. The molecule has 2 heterocycles. The summed E-state index contributed by atoms with van der Waals surface area (Å²) in [5, 5.41) is 4.39. The van der Waals surface area contributed by atoms with Crippen molar-refractivity contribution in [1.29, 1.82) is 0 Å². The number of hydrogen-bond donors (Lipinski definition) is 0. The largest absolute Gasteiger partial charge is 0.379 e. The lowest BCUT2D eigenvalue weighted by Crippen LogP contribution is -2.35. The van der Waals surface area contributed by atoms with Gasteiger partial charge in [-0.3, -0.25) is 4.90 Å². The number of rotatable bonds is 2. The van der Waals surface area contributed by atoms with E-state index in [1.54, 1.807) is 11.3 Å². The minimum Gasteiger partial charge on any atom is -0.379 e. The quantitative estimate of drug-likeness (QED) is 0.836. The highest BCUT2D eigenvalue weighted by atomic mass is 35.5. The first-order valence-electron chi connectivity index (χ1n) is 5.79. The Morgan fingerprint density at radius 2 is 2.06 bits per heavy atom. The Kier molecular flexibility index (Phi) is 4.87. The average Bonchev–Trinajstić information content (AvgIpc) is 2.76. The van der Waals surface area contributed by atoms with Crippen LogP contribution in [0.15, 0.2) is 23.6 Å². The highest BCUT2D eigenvalue weighted by Gasteiger charge is 2.13. The van der Waals surface area contributed by atoms with E-state index < -0.39 is 0 Å². The van der Waals surface area contributed by atoms with Crippen LogP contribution in [0.3, 0.4) is 0 Å². The van der Waals surface area contributed by atoms with Gasteiger partial charge >= 0.3 is 0 Å². The molecule has 0 amide bonds. The summed E-state index contributed by atoms with van der Waals surface area (Å²) >= 11 is 7.93. The molecule has 18 heavy (non-hydrogen) atoms. The summed E-state index contributed by atoms with van der Waals surface area (Å²) in [4.78, 5) is 2.44. The molecule has 1 aliphatic heterocycles. The van der Waals surface area contributed by atoms with Crippen LogP contribution >= 0.6 is 35.3 Å². The molecule has 2 aromatic rings. The Bertz CT molecular complexity index is 523. The molecule has 0 radical (unpaired) electrons. The number of morpholine rings is 1. The van der Waals surface area contributed by atoms with Gasteiger partial charge in [-0.05, 0) is 22.4 Å². The minimum absolute atomic E-state index is 0. The predicted molar refractivity (Wildman–Crippen MR) is 80.2 cm³/mol. The van der Waals surface area contributed by atoms with Gasteiger partial charge < -0.3 is 4.74 Å². The maximum absolute atomic E-state index is 6.19. The van der Waals surface area contributed by atoms with Crippen LogP contribution in [-0.4, -0.2) is 31.2 Å². The molecule has 1 aromatic carbocycles. The molecule has 0 bridgehead atoms. The molecule has 0 unspecified atom stereocenters. The fourth-order valence-corrected chi connectivity index (χ4v) is 3.47. The zero-order chi connectivity index (χ0) is 11.7. The van der Waals surface area contributed by atoms with Crippen LogP contribution < -0.4 is 0 Å². The molecule has 0 atom stereocenters. The monoisotopic (exact) mass is 303 g/mol. The van der Waals surface area contributed by atoms with E-state index in [1.807, 2.05) is 12.1 Å². The van der Waals surface area contributed by atoms with Crippen molar-refractivity contribution in [3.05, 3.63) is 34.2 Å². The molecule has 1 fully saturated rings. The van der Waals surface area contributed by atoms with Crippen LogP contribution in [0.25, 0.3) is 10.1 Å². The van der Waals surface area contributed by atoms with Gasteiger partial charge in [0.15, 0.2) is 0 Å². The molecule has 0 N–H and O–H groups in total. The van der Waals surface area contributed by atoms with Crippen molar-refractivity contribution in [3.63, 3.8) is 0 Å². The Balaban J connectivity index is 0.00000120. The average molecular weight is 304 g/mol. The Hall–Kier alpha value is -0.320. The van der Waals surface area contributed by atoms with Crippen LogP contribution in [-0.2, 0) is 11.3 Å². The second kappa shape index (κ2) is 6.22. The van der Waals surface area contributed by atoms with Crippen molar-refractivity contribution in [2.45, 2.75) is 6.54 Å². The van der Waals surface area contributed by atoms with Crippen molar-refractivity contribution >= 4 is 45.4 Å². The van der Waals surface area contributed by atoms with Crippen LogP contribution in [0.4, 0.5) is 0 Å². The fourth-order valence-electron chi connectivity index (χ4n) is 2.20. The van der Waals surface area contributed by atoms with Crippen molar-refractivity contribution in [3.8, 4) is 0 Å². The van der Waals surface area contributed by atoms with Gasteiger partial charge in [-0.15, -0.1) is 23.7 Å². The van der Waals surface area contributed by atoms with Crippen LogP contribution in [0.2, 0.25) is 5.02 Å². The topological polar surface area (TPSA) is 12.5 Å². The van der Waals surface area contributed by atoms with E-state index in [0.717, 1.165) is 37.9 Å². The first-order valence-corrected chi connectivity index (χ1v) is 7.05. The van der Waals surface area contributed by atoms with E-state index in [0.29, 0.717) is 0 Å². The molecule has 98 valence electrons. The van der Waals surface area contributed by atoms with E-state index in [1.165, 1.54) is 15.6 Å². The molecule has 1 aliphatic rings. The molecule has 0 spiro atoms. The Labute approximate surface area is 122 Å². The smallest absolute Gasteiger partial charge is 0.0594 e. The van der Waals surface area contributed by atoms with Crippen LogP contribution in [0, 0.1) is 0 Å². The number of benzene rings is 1. The standard InChI is InChI=1S/C13H14ClNOS.ClH/c14-12-3-1-2-11-10(9-17-13(11)12)8-15-4-6-16-7-5-15;/h1-3,9H,4-8H2;1H. The van der Waals surface area contributed by atoms with Gasteiger partial charge in [0, 0.05) is 19.6 Å². The lowest BCUT2D eigenvalue weighted by atomic mass is 10.1. The van der Waals surface area contributed by atoms with Gasteiger partial charge in [-0.25, -0.2) is 0 Å². The van der Waals surface area contributed by atoms with Crippen LogP contribution in [0.5, 0.6) is 0 Å². The van der Waals surface area contributed by atoms with Crippen molar-refractivity contribution in [1.82, 2.24) is 4.90 Å². The molecule has 0 saturated carbocycles. The van der Waals surface area contributed by atoms with Gasteiger partial charge in [0.1, 0.15) is 0 Å². The van der Waals surface area contributed by atoms with Gasteiger partial charge in [0.05, 0.1) is 22.9 Å². The first-order chi connectivity index (χ1) is 8.34. The molecule has 3 rings (SSSR count). The zero-order valence-electron chi connectivity index (χ0n) is 9.89. The molecule has 0 aliphatic carbocycles. The lowest BCUT2D eigenvalue weighted by Gasteiger charge is -2.26. The fraction of sp³-hybridized carbons (Fsp3) is 0.385. The summed E-state index contributed by atoms with van der Waals surface area (Å²) in [5.41, 5.74) is 1.38. The molecule has 5 heteroatoms. The number of halogens is 2. The summed E-state index contributed by atoms with van der Waals surface area (Å²) < 4.78 is 6.57. The number of hydrogen-bond acceptors (Lipinski definition) is 3. The highest BCUT2D eigenvalue weighted by Crippen LogP contribution is 2.32. The number of thiophene rings is 1. The van der Waals surface area contributed by atoms with Crippen LogP contribution in [0.1, 0.15) is 5.56 Å². The van der Waals surface area contributed by atoms with Gasteiger partial charge in [-0.1, -0.05) is 23.7 Å². The van der Waals surface area contributed by atoms with E-state index in [4.69, 9.17) is 16.3 Å². The summed E-state index contributed by atoms with van der Waals surface area (Å²) in [6, 6.07) is 6.15. The summed E-state index contributed by atoms with van der Waals surface area (Å²) in [7, 11) is 0. The second-order valence-corrected chi connectivity index (χ2v) is 5.55.